The minimum Gasteiger partial charge on any atom is -0.309 e. The van der Waals surface area contributed by atoms with E-state index in [0.717, 1.165) is 18.7 Å². The van der Waals surface area contributed by atoms with Crippen LogP contribution in [-0.2, 0) is 0 Å². The molecule has 84 valence electrons. The van der Waals surface area contributed by atoms with Crippen molar-refractivity contribution in [2.75, 3.05) is 0 Å². The quantitative estimate of drug-likeness (QED) is 0.781. The average Bonchev–Trinajstić information content (AvgIpc) is 2.29. The second-order valence-corrected chi connectivity index (χ2v) is 4.59. The highest BCUT2D eigenvalue weighted by Crippen LogP contribution is 2.33. The van der Waals surface area contributed by atoms with E-state index in [-0.39, 0.29) is 11.1 Å². The van der Waals surface area contributed by atoms with Gasteiger partial charge in [-0.05, 0) is 18.8 Å². The first-order valence-electron chi connectivity index (χ1n) is 5.70. The standard InChI is InChI=1S/C12H15N3O/c1-8-3-2-4-9(5-8)11-14-7-10(6-13)12(16)15-11/h7-9H,2-5H2,1H3,(H,14,15,16). The normalized spacial score (nSPS) is 25.0. The van der Waals surface area contributed by atoms with Crippen molar-refractivity contribution in [1.82, 2.24) is 9.97 Å². The van der Waals surface area contributed by atoms with E-state index in [9.17, 15) is 4.79 Å². The Balaban J connectivity index is 2.24. The van der Waals surface area contributed by atoms with Gasteiger partial charge in [-0.2, -0.15) is 5.26 Å². The summed E-state index contributed by atoms with van der Waals surface area (Å²) in [5.74, 6) is 1.79. The second-order valence-electron chi connectivity index (χ2n) is 4.59. The zero-order chi connectivity index (χ0) is 11.5. The highest BCUT2D eigenvalue weighted by atomic mass is 16.1. The van der Waals surface area contributed by atoms with Gasteiger partial charge in [-0.1, -0.05) is 19.8 Å². The third kappa shape index (κ3) is 2.13. The highest BCUT2D eigenvalue weighted by molar-refractivity contribution is 5.22. The zero-order valence-corrected chi connectivity index (χ0v) is 9.36. The lowest BCUT2D eigenvalue weighted by Gasteiger charge is -2.25. The molecule has 1 aromatic rings. The molecule has 1 heterocycles. The third-order valence-electron chi connectivity index (χ3n) is 3.26. The fourth-order valence-electron chi connectivity index (χ4n) is 2.38. The molecule has 0 spiro atoms. The van der Waals surface area contributed by atoms with Crippen molar-refractivity contribution in [1.29, 1.82) is 5.26 Å². The molecule has 1 saturated carbocycles. The van der Waals surface area contributed by atoms with Crippen LogP contribution in [0.2, 0.25) is 0 Å². The molecule has 0 bridgehead atoms. The summed E-state index contributed by atoms with van der Waals surface area (Å²) >= 11 is 0. The first-order valence-corrected chi connectivity index (χ1v) is 5.70. The molecule has 1 fully saturated rings. The highest BCUT2D eigenvalue weighted by Gasteiger charge is 2.22. The number of H-pyrrole nitrogens is 1. The maximum atomic E-state index is 11.5. The smallest absolute Gasteiger partial charge is 0.268 e. The number of hydrogen-bond donors (Lipinski definition) is 1. The van der Waals surface area contributed by atoms with E-state index in [0.29, 0.717) is 11.8 Å². The molecular formula is C12H15N3O. The maximum Gasteiger partial charge on any atom is 0.268 e. The molecule has 0 amide bonds. The van der Waals surface area contributed by atoms with Gasteiger partial charge in [0, 0.05) is 5.92 Å². The lowest BCUT2D eigenvalue weighted by molar-refractivity contribution is 0.334. The molecule has 16 heavy (non-hydrogen) atoms. The van der Waals surface area contributed by atoms with Crippen LogP contribution in [0.5, 0.6) is 0 Å². The van der Waals surface area contributed by atoms with E-state index in [1.165, 1.54) is 19.0 Å². The van der Waals surface area contributed by atoms with E-state index in [4.69, 9.17) is 5.26 Å². The van der Waals surface area contributed by atoms with Gasteiger partial charge in [-0.25, -0.2) is 4.98 Å². The van der Waals surface area contributed by atoms with Gasteiger partial charge in [0.15, 0.2) is 0 Å². The molecule has 1 aliphatic carbocycles. The largest absolute Gasteiger partial charge is 0.309 e. The Kier molecular flexibility index (Phi) is 3.04. The van der Waals surface area contributed by atoms with Crippen LogP contribution in [0.3, 0.4) is 0 Å². The van der Waals surface area contributed by atoms with Crippen LogP contribution in [0.4, 0.5) is 0 Å². The lowest BCUT2D eigenvalue weighted by Crippen LogP contribution is -2.20. The Hall–Kier alpha value is -1.63. The maximum absolute atomic E-state index is 11.5. The average molecular weight is 217 g/mol. The van der Waals surface area contributed by atoms with Gasteiger partial charge in [0.05, 0.1) is 6.20 Å². The summed E-state index contributed by atoms with van der Waals surface area (Å²) in [5.41, 5.74) is -0.224. The summed E-state index contributed by atoms with van der Waals surface area (Å²) in [4.78, 5) is 18.4. The number of hydrogen-bond acceptors (Lipinski definition) is 3. The fourth-order valence-corrected chi connectivity index (χ4v) is 2.38. The lowest BCUT2D eigenvalue weighted by atomic mass is 9.82. The second kappa shape index (κ2) is 4.48. The number of aromatic nitrogens is 2. The monoisotopic (exact) mass is 217 g/mol. The van der Waals surface area contributed by atoms with Gasteiger partial charge < -0.3 is 4.98 Å². The fraction of sp³-hybridized carbons (Fsp3) is 0.583. The van der Waals surface area contributed by atoms with Crippen LogP contribution in [0.15, 0.2) is 11.0 Å². The number of aromatic amines is 1. The Bertz CT molecular complexity index is 472. The molecule has 4 nitrogen and oxygen atoms in total. The summed E-state index contributed by atoms with van der Waals surface area (Å²) in [6.07, 6.45) is 5.99. The van der Waals surface area contributed by atoms with Crippen molar-refractivity contribution < 1.29 is 0 Å². The van der Waals surface area contributed by atoms with E-state index >= 15 is 0 Å². The molecule has 4 heteroatoms. The Morgan fingerprint density at radius 2 is 2.38 bits per heavy atom. The van der Waals surface area contributed by atoms with Crippen molar-refractivity contribution in [3.63, 3.8) is 0 Å². The van der Waals surface area contributed by atoms with Crippen LogP contribution in [0, 0.1) is 17.2 Å². The van der Waals surface area contributed by atoms with Gasteiger partial charge in [-0.3, -0.25) is 4.79 Å². The van der Waals surface area contributed by atoms with Gasteiger partial charge in [0.2, 0.25) is 0 Å². The van der Waals surface area contributed by atoms with Crippen LogP contribution in [0.1, 0.15) is 49.9 Å². The number of nitriles is 1. The van der Waals surface area contributed by atoms with Crippen molar-refractivity contribution in [2.45, 2.75) is 38.5 Å². The van der Waals surface area contributed by atoms with Crippen molar-refractivity contribution in [2.24, 2.45) is 5.92 Å². The molecule has 2 atom stereocenters. The molecule has 2 rings (SSSR count). The third-order valence-corrected chi connectivity index (χ3v) is 3.26. The van der Waals surface area contributed by atoms with Gasteiger partial charge in [0.1, 0.15) is 17.5 Å². The minimum absolute atomic E-state index is 0.0904. The van der Waals surface area contributed by atoms with Crippen molar-refractivity contribution in [3.05, 3.63) is 27.9 Å². The molecule has 1 N–H and O–H groups in total. The van der Waals surface area contributed by atoms with Crippen LogP contribution in [-0.4, -0.2) is 9.97 Å². The molecule has 0 radical (unpaired) electrons. The Morgan fingerprint density at radius 3 is 3.00 bits per heavy atom. The molecule has 2 unspecified atom stereocenters. The van der Waals surface area contributed by atoms with E-state index in [2.05, 4.69) is 16.9 Å². The molecular weight excluding hydrogens is 202 g/mol. The SMILES string of the molecule is CC1CCCC(c2ncc(C#N)c(=O)[nH]2)C1. The molecule has 0 aliphatic heterocycles. The number of nitrogens with zero attached hydrogens (tertiary/aromatic N) is 2. The summed E-state index contributed by atoms with van der Waals surface area (Å²) in [7, 11) is 0. The number of nitrogens with one attached hydrogen (secondary N) is 1. The predicted octanol–water partition coefficient (Wildman–Crippen LogP) is 1.94. The molecule has 1 aliphatic rings. The van der Waals surface area contributed by atoms with Crippen molar-refractivity contribution >= 4 is 0 Å². The molecule has 0 saturated heterocycles. The van der Waals surface area contributed by atoms with Crippen molar-refractivity contribution in [3.8, 4) is 6.07 Å². The first kappa shape index (κ1) is 10.9. The van der Waals surface area contributed by atoms with Gasteiger partial charge in [-0.15, -0.1) is 0 Å². The van der Waals surface area contributed by atoms with E-state index in [1.807, 2.05) is 6.07 Å². The number of rotatable bonds is 1. The van der Waals surface area contributed by atoms with Gasteiger partial charge in [0.25, 0.3) is 5.56 Å². The Labute approximate surface area is 94.3 Å². The van der Waals surface area contributed by atoms with E-state index < -0.39 is 0 Å². The molecule has 1 aromatic heterocycles. The summed E-state index contributed by atoms with van der Waals surface area (Å²) < 4.78 is 0. The van der Waals surface area contributed by atoms with E-state index in [1.54, 1.807) is 0 Å². The predicted molar refractivity (Wildman–Crippen MR) is 59.9 cm³/mol. The summed E-state index contributed by atoms with van der Waals surface area (Å²) in [6, 6.07) is 1.83. The van der Waals surface area contributed by atoms with Crippen LogP contribution in [0.25, 0.3) is 0 Å². The Morgan fingerprint density at radius 1 is 1.56 bits per heavy atom. The minimum atomic E-state index is -0.314. The van der Waals surface area contributed by atoms with Gasteiger partial charge >= 0.3 is 0 Å². The zero-order valence-electron chi connectivity index (χ0n) is 9.36. The molecule has 0 aromatic carbocycles. The topological polar surface area (TPSA) is 69.5 Å². The summed E-state index contributed by atoms with van der Waals surface area (Å²) in [5, 5.41) is 8.65. The summed E-state index contributed by atoms with van der Waals surface area (Å²) in [6.45, 7) is 2.23. The van der Waals surface area contributed by atoms with Crippen LogP contribution < -0.4 is 5.56 Å². The first-order chi connectivity index (χ1) is 7.70. The van der Waals surface area contributed by atoms with Crippen LogP contribution >= 0.6 is 0 Å².